The fourth-order valence-electron chi connectivity index (χ4n) is 4.58. The summed E-state index contributed by atoms with van der Waals surface area (Å²) in [6.07, 6.45) is 5.05. The van der Waals surface area contributed by atoms with Gasteiger partial charge in [-0.05, 0) is 37.5 Å². The number of imidazole rings is 1. The minimum absolute atomic E-state index is 0.0497. The van der Waals surface area contributed by atoms with Gasteiger partial charge in [-0.25, -0.2) is 4.98 Å². The lowest BCUT2D eigenvalue weighted by molar-refractivity contribution is 0.0784. The highest BCUT2D eigenvalue weighted by Gasteiger charge is 2.27. The third-order valence-corrected chi connectivity index (χ3v) is 6.14. The summed E-state index contributed by atoms with van der Waals surface area (Å²) in [6.45, 7) is 4.53. The van der Waals surface area contributed by atoms with Gasteiger partial charge < -0.3 is 18.8 Å². The number of para-hydroxylation sites is 1. The van der Waals surface area contributed by atoms with Crippen molar-refractivity contribution >= 4 is 11.6 Å². The Hall–Kier alpha value is -3.06. The Bertz CT molecular complexity index is 1090. The molecule has 2 aliphatic rings. The predicted molar refractivity (Wildman–Crippen MR) is 118 cm³/mol. The van der Waals surface area contributed by atoms with Gasteiger partial charge in [0.25, 0.3) is 5.91 Å². The highest BCUT2D eigenvalue weighted by atomic mass is 16.5. The van der Waals surface area contributed by atoms with Crippen LogP contribution in [0.1, 0.15) is 41.0 Å². The summed E-state index contributed by atoms with van der Waals surface area (Å²) in [7, 11) is 1.67. The van der Waals surface area contributed by atoms with Crippen LogP contribution in [0.3, 0.4) is 0 Å². The average Bonchev–Trinajstić information content (AvgIpc) is 3.43. The fraction of sp³-hybridized carbons (Fsp3) is 0.417. The van der Waals surface area contributed by atoms with Gasteiger partial charge in [0.1, 0.15) is 5.65 Å². The summed E-state index contributed by atoms with van der Waals surface area (Å²) in [4.78, 5) is 22.3. The van der Waals surface area contributed by atoms with E-state index in [0.717, 1.165) is 73.8 Å². The van der Waals surface area contributed by atoms with Crippen LogP contribution in [0.4, 0.5) is 0 Å². The number of nitrogens with zero attached hydrogens (tertiary/aromatic N) is 4. The van der Waals surface area contributed by atoms with Crippen LogP contribution in [0.25, 0.3) is 5.65 Å². The van der Waals surface area contributed by atoms with Gasteiger partial charge in [-0.3, -0.25) is 9.69 Å². The van der Waals surface area contributed by atoms with E-state index in [4.69, 9.17) is 14.5 Å². The topological polar surface area (TPSA) is 59.3 Å². The Balaban J connectivity index is 1.49. The number of likely N-dealkylation sites (tertiary alicyclic amines) is 1. The van der Waals surface area contributed by atoms with Crippen LogP contribution in [0.5, 0.6) is 11.5 Å². The third-order valence-electron chi connectivity index (χ3n) is 6.14. The van der Waals surface area contributed by atoms with Crippen LogP contribution >= 0.6 is 0 Å². The molecule has 7 nitrogen and oxygen atoms in total. The minimum Gasteiger partial charge on any atom is -0.493 e. The number of carbonyl (C=O) groups excluding carboxylic acids is 1. The maximum Gasteiger partial charge on any atom is 0.274 e. The number of amides is 1. The van der Waals surface area contributed by atoms with Gasteiger partial charge in [0.05, 0.1) is 19.4 Å². The summed E-state index contributed by atoms with van der Waals surface area (Å²) < 4.78 is 13.6. The van der Waals surface area contributed by atoms with Crippen LogP contribution in [-0.4, -0.2) is 58.4 Å². The van der Waals surface area contributed by atoms with Crippen molar-refractivity contribution in [3.8, 4) is 11.5 Å². The molecule has 0 aliphatic carbocycles. The molecule has 0 spiro atoms. The number of methoxy groups -OCH3 is 1. The van der Waals surface area contributed by atoms with Gasteiger partial charge in [0, 0.05) is 44.5 Å². The average molecular weight is 421 g/mol. The standard InChI is InChI=1S/C24H28N4O3/c1-30-20-9-6-8-18-16-26(11-7-15-31-23(18)20)17-19-22(24(29)27-12-4-5-13-27)25-21-10-2-3-14-28(19)21/h2-3,6,8-10,14H,4-5,7,11-13,15-17H2,1H3. The second kappa shape index (κ2) is 8.59. The summed E-state index contributed by atoms with van der Waals surface area (Å²) in [5.41, 5.74) is 3.45. The van der Waals surface area contributed by atoms with Gasteiger partial charge >= 0.3 is 0 Å². The van der Waals surface area contributed by atoms with Crippen molar-refractivity contribution in [1.29, 1.82) is 0 Å². The van der Waals surface area contributed by atoms with E-state index in [1.807, 2.05) is 41.4 Å². The van der Waals surface area contributed by atoms with Crippen LogP contribution in [-0.2, 0) is 13.1 Å². The number of fused-ring (bicyclic) bond motifs is 2. The molecule has 0 N–H and O–H groups in total. The Morgan fingerprint density at radius 2 is 1.97 bits per heavy atom. The molecule has 5 rings (SSSR count). The third kappa shape index (κ3) is 3.85. The number of ether oxygens (including phenoxy) is 2. The molecular weight excluding hydrogens is 392 g/mol. The zero-order valence-electron chi connectivity index (χ0n) is 17.9. The van der Waals surface area contributed by atoms with E-state index in [1.54, 1.807) is 7.11 Å². The highest BCUT2D eigenvalue weighted by molar-refractivity contribution is 5.94. The van der Waals surface area contributed by atoms with Crippen molar-refractivity contribution in [2.75, 3.05) is 33.4 Å². The quantitative estimate of drug-likeness (QED) is 0.648. The van der Waals surface area contributed by atoms with E-state index in [0.29, 0.717) is 18.8 Å². The number of carbonyl (C=O) groups is 1. The summed E-state index contributed by atoms with van der Waals surface area (Å²) >= 11 is 0. The molecule has 2 aromatic heterocycles. The maximum atomic E-state index is 13.3. The van der Waals surface area contributed by atoms with Crippen LogP contribution in [0, 0.1) is 0 Å². The second-order valence-electron chi connectivity index (χ2n) is 8.20. The molecule has 31 heavy (non-hydrogen) atoms. The van der Waals surface area contributed by atoms with E-state index in [9.17, 15) is 4.79 Å². The van der Waals surface area contributed by atoms with Gasteiger partial charge in [0.2, 0.25) is 0 Å². The molecular formula is C24H28N4O3. The Morgan fingerprint density at radius 1 is 1.10 bits per heavy atom. The molecule has 2 aliphatic heterocycles. The van der Waals surface area contributed by atoms with E-state index >= 15 is 0 Å². The molecule has 1 saturated heterocycles. The lowest BCUT2D eigenvalue weighted by Gasteiger charge is -2.27. The van der Waals surface area contributed by atoms with E-state index in [1.165, 1.54) is 0 Å². The number of rotatable bonds is 4. The summed E-state index contributed by atoms with van der Waals surface area (Å²) in [6, 6.07) is 11.9. The van der Waals surface area contributed by atoms with Crippen molar-refractivity contribution in [2.24, 2.45) is 0 Å². The molecule has 0 radical (unpaired) electrons. The van der Waals surface area contributed by atoms with Crippen molar-refractivity contribution in [3.63, 3.8) is 0 Å². The zero-order valence-corrected chi connectivity index (χ0v) is 17.9. The largest absolute Gasteiger partial charge is 0.493 e. The second-order valence-corrected chi connectivity index (χ2v) is 8.20. The van der Waals surface area contributed by atoms with E-state index in [2.05, 4.69) is 15.4 Å². The molecule has 0 bridgehead atoms. The fourth-order valence-corrected chi connectivity index (χ4v) is 4.58. The number of aromatic nitrogens is 2. The molecule has 1 amide bonds. The lowest BCUT2D eigenvalue weighted by Crippen LogP contribution is -2.31. The molecule has 4 heterocycles. The van der Waals surface area contributed by atoms with E-state index in [-0.39, 0.29) is 5.91 Å². The number of hydrogen-bond donors (Lipinski definition) is 0. The molecule has 0 saturated carbocycles. The van der Waals surface area contributed by atoms with E-state index < -0.39 is 0 Å². The Morgan fingerprint density at radius 3 is 2.81 bits per heavy atom. The van der Waals surface area contributed by atoms with Crippen molar-refractivity contribution in [3.05, 3.63) is 59.5 Å². The summed E-state index contributed by atoms with van der Waals surface area (Å²) in [5, 5.41) is 0. The first-order chi connectivity index (χ1) is 15.2. The van der Waals surface area contributed by atoms with Crippen molar-refractivity contribution in [1.82, 2.24) is 19.2 Å². The van der Waals surface area contributed by atoms with Crippen LogP contribution in [0.2, 0.25) is 0 Å². The van der Waals surface area contributed by atoms with Crippen LogP contribution < -0.4 is 9.47 Å². The Kier molecular flexibility index (Phi) is 5.51. The first-order valence-electron chi connectivity index (χ1n) is 11.0. The first kappa shape index (κ1) is 19.9. The van der Waals surface area contributed by atoms with Gasteiger partial charge in [0.15, 0.2) is 17.2 Å². The molecule has 3 aromatic rings. The first-order valence-corrected chi connectivity index (χ1v) is 11.0. The van der Waals surface area contributed by atoms with Gasteiger partial charge in [-0.15, -0.1) is 0 Å². The molecule has 1 aromatic carbocycles. The highest BCUT2D eigenvalue weighted by Crippen LogP contribution is 2.33. The zero-order chi connectivity index (χ0) is 21.2. The number of hydrogen-bond acceptors (Lipinski definition) is 5. The maximum absolute atomic E-state index is 13.3. The molecule has 0 atom stereocenters. The molecule has 162 valence electrons. The minimum atomic E-state index is 0.0497. The smallest absolute Gasteiger partial charge is 0.274 e. The lowest BCUT2D eigenvalue weighted by atomic mass is 10.1. The number of benzene rings is 1. The Labute approximate surface area is 182 Å². The monoisotopic (exact) mass is 420 g/mol. The molecule has 0 unspecified atom stereocenters. The molecule has 7 heteroatoms. The summed E-state index contributed by atoms with van der Waals surface area (Å²) in [5.74, 6) is 1.63. The predicted octanol–water partition coefficient (Wildman–Crippen LogP) is 3.36. The normalized spacial score (nSPS) is 17.1. The van der Waals surface area contributed by atoms with Crippen molar-refractivity contribution in [2.45, 2.75) is 32.4 Å². The number of pyridine rings is 1. The molecule has 1 fully saturated rings. The van der Waals surface area contributed by atoms with Crippen LogP contribution in [0.15, 0.2) is 42.6 Å². The van der Waals surface area contributed by atoms with Gasteiger partial charge in [-0.1, -0.05) is 18.2 Å². The SMILES string of the molecule is COc1cccc2c1OCCCN(Cc1c(C(=O)N3CCCC3)nc3ccccn13)C2. The van der Waals surface area contributed by atoms with Crippen molar-refractivity contribution < 1.29 is 14.3 Å². The van der Waals surface area contributed by atoms with Gasteiger partial charge in [-0.2, -0.15) is 0 Å².